The van der Waals surface area contributed by atoms with Gasteiger partial charge in [-0.2, -0.15) is 4.98 Å². The highest BCUT2D eigenvalue weighted by Gasteiger charge is 2.37. The lowest BCUT2D eigenvalue weighted by Crippen LogP contribution is -2.58. The third kappa shape index (κ3) is 5.33. The number of benzene rings is 2. The molecule has 0 bridgehead atoms. The van der Waals surface area contributed by atoms with E-state index in [0.717, 1.165) is 71.4 Å². The molecule has 11 heteroatoms. The van der Waals surface area contributed by atoms with E-state index in [1.54, 1.807) is 23.9 Å². The highest BCUT2D eigenvalue weighted by atomic mass is 35.5. The van der Waals surface area contributed by atoms with E-state index in [-0.39, 0.29) is 35.5 Å². The summed E-state index contributed by atoms with van der Waals surface area (Å²) >= 11 is 8.78. The Bertz CT molecular complexity index is 1670. The molecule has 4 heterocycles. The second-order valence-corrected chi connectivity index (χ2v) is 14.1. The van der Waals surface area contributed by atoms with Gasteiger partial charge < -0.3 is 9.80 Å². The molecule has 7 rings (SSSR count). The second kappa shape index (κ2) is 11.8. The fourth-order valence-corrected chi connectivity index (χ4v) is 8.89. The highest BCUT2D eigenvalue weighted by molar-refractivity contribution is 7.99. The molecular formula is C33H38ClFN6O2S. The molecule has 1 aliphatic carbocycles. The van der Waals surface area contributed by atoms with Gasteiger partial charge in [0.05, 0.1) is 16.6 Å². The van der Waals surface area contributed by atoms with Gasteiger partial charge in [-0.25, -0.2) is 9.18 Å². The summed E-state index contributed by atoms with van der Waals surface area (Å²) in [7, 11) is 0. The highest BCUT2D eigenvalue weighted by Crippen LogP contribution is 2.48. The summed E-state index contributed by atoms with van der Waals surface area (Å²) in [5.74, 6) is 0.905. The van der Waals surface area contributed by atoms with Crippen molar-refractivity contribution in [2.75, 3.05) is 56.5 Å². The first-order valence-electron chi connectivity index (χ1n) is 15.6. The van der Waals surface area contributed by atoms with E-state index in [0.29, 0.717) is 23.9 Å². The quantitative estimate of drug-likeness (QED) is 0.357. The Morgan fingerprint density at radius 1 is 1.11 bits per heavy atom. The molecule has 0 spiro atoms. The second-order valence-electron chi connectivity index (χ2n) is 12.6. The molecule has 0 N–H and O–H groups in total. The van der Waals surface area contributed by atoms with Crippen LogP contribution in [0.15, 0.2) is 52.7 Å². The standard InChI is InChI=1S/C33H38ClFN6O2S/c1-4-28(42)39-16-21(3)40(17-20(39)2)32-26-15-27(34)29(22-5-7-23(35)8-6-22)31-30(26)41(33(43)36-32)25(19-44-31)18-37-11-13-38(14-12-37)24-9-10-24/h4-8,15,20-21,24-25H,1,9-14,16-19H2,2-3H3/t20-,21+,25+/m1/s1. The predicted octanol–water partition coefficient (Wildman–Crippen LogP) is 4.89. The van der Waals surface area contributed by atoms with E-state index in [9.17, 15) is 14.0 Å². The van der Waals surface area contributed by atoms with Crippen LogP contribution in [0.2, 0.25) is 5.02 Å². The summed E-state index contributed by atoms with van der Waals surface area (Å²) in [6.07, 6.45) is 3.99. The van der Waals surface area contributed by atoms with Crippen molar-refractivity contribution in [3.63, 3.8) is 0 Å². The minimum Gasteiger partial charge on any atom is -0.349 e. The molecule has 4 aliphatic rings. The van der Waals surface area contributed by atoms with E-state index in [4.69, 9.17) is 16.6 Å². The van der Waals surface area contributed by atoms with Gasteiger partial charge in [0.2, 0.25) is 5.91 Å². The molecule has 2 saturated heterocycles. The molecule has 2 aromatic carbocycles. The van der Waals surface area contributed by atoms with Crippen LogP contribution in [0, 0.1) is 5.82 Å². The van der Waals surface area contributed by atoms with Gasteiger partial charge in [0.15, 0.2) is 0 Å². The number of carbonyl (C=O) groups is 1. The zero-order valence-electron chi connectivity index (χ0n) is 25.2. The summed E-state index contributed by atoms with van der Waals surface area (Å²) in [6.45, 7) is 13.7. The van der Waals surface area contributed by atoms with Gasteiger partial charge in [-0.15, -0.1) is 11.8 Å². The van der Waals surface area contributed by atoms with Crippen molar-refractivity contribution < 1.29 is 9.18 Å². The zero-order chi connectivity index (χ0) is 30.7. The number of piperazine rings is 2. The van der Waals surface area contributed by atoms with E-state index >= 15 is 0 Å². The molecule has 232 valence electrons. The van der Waals surface area contributed by atoms with Gasteiger partial charge in [0.25, 0.3) is 0 Å². The van der Waals surface area contributed by atoms with Crippen LogP contribution in [0.4, 0.5) is 10.2 Å². The van der Waals surface area contributed by atoms with Crippen LogP contribution in [0.3, 0.4) is 0 Å². The third-order valence-electron chi connectivity index (χ3n) is 9.67. The number of hydrogen-bond donors (Lipinski definition) is 0. The Kier molecular flexibility index (Phi) is 7.97. The van der Waals surface area contributed by atoms with Crippen molar-refractivity contribution >= 4 is 46.0 Å². The molecular weight excluding hydrogens is 599 g/mol. The molecule has 3 fully saturated rings. The Hall–Kier alpha value is -2.92. The number of amides is 1. The summed E-state index contributed by atoms with van der Waals surface area (Å²) in [6, 6.07) is 8.86. The SMILES string of the molecule is C=CC(=O)N1C[C@H](C)N(c2nc(=O)n3c4c(c(-c5ccc(F)cc5)c(Cl)cc24)SC[C@@H]3CN2CCN(C3CC3)CC2)C[C@H]1C. The van der Waals surface area contributed by atoms with Crippen LogP contribution < -0.4 is 10.6 Å². The van der Waals surface area contributed by atoms with Gasteiger partial charge in [0.1, 0.15) is 11.6 Å². The lowest BCUT2D eigenvalue weighted by molar-refractivity contribution is -0.128. The fourth-order valence-electron chi connectivity index (χ4n) is 7.19. The van der Waals surface area contributed by atoms with Crippen molar-refractivity contribution in [2.24, 2.45) is 0 Å². The van der Waals surface area contributed by atoms with Crippen molar-refractivity contribution in [1.29, 1.82) is 0 Å². The first-order chi connectivity index (χ1) is 21.2. The molecule has 1 aromatic heterocycles. The zero-order valence-corrected chi connectivity index (χ0v) is 26.8. The number of hydrogen-bond acceptors (Lipinski definition) is 7. The minimum absolute atomic E-state index is 0.0443. The van der Waals surface area contributed by atoms with Crippen LogP contribution in [0.5, 0.6) is 0 Å². The number of aromatic nitrogens is 2. The smallest absolute Gasteiger partial charge is 0.349 e. The molecule has 1 amide bonds. The van der Waals surface area contributed by atoms with Gasteiger partial charge in [-0.3, -0.25) is 19.2 Å². The maximum absolute atomic E-state index is 14.1. The number of nitrogens with zero attached hydrogens (tertiary/aromatic N) is 6. The summed E-state index contributed by atoms with van der Waals surface area (Å²) in [5, 5.41) is 1.37. The fraction of sp³-hybridized carbons (Fsp3) is 0.485. The number of carbonyl (C=O) groups excluding carboxylic acids is 1. The van der Waals surface area contributed by atoms with Crippen molar-refractivity contribution in [3.8, 4) is 11.1 Å². The topological polar surface area (TPSA) is 64.9 Å². The van der Waals surface area contributed by atoms with Gasteiger partial charge in [-0.05, 0) is 56.5 Å². The lowest BCUT2D eigenvalue weighted by atomic mass is 10.0. The monoisotopic (exact) mass is 636 g/mol. The number of thioether (sulfide) groups is 1. The molecule has 3 aliphatic heterocycles. The normalized spacial score (nSPS) is 24.6. The van der Waals surface area contributed by atoms with Gasteiger partial charge in [0, 0.05) is 85.5 Å². The molecule has 8 nitrogen and oxygen atoms in total. The number of rotatable bonds is 6. The molecule has 3 atom stereocenters. The molecule has 1 saturated carbocycles. The van der Waals surface area contributed by atoms with Gasteiger partial charge >= 0.3 is 5.69 Å². The average Bonchev–Trinajstić information content (AvgIpc) is 3.87. The molecule has 0 radical (unpaired) electrons. The Morgan fingerprint density at radius 3 is 2.52 bits per heavy atom. The van der Waals surface area contributed by atoms with Crippen LogP contribution in [0.1, 0.15) is 32.7 Å². The van der Waals surface area contributed by atoms with Crippen LogP contribution in [-0.4, -0.2) is 99.8 Å². The van der Waals surface area contributed by atoms with Crippen molar-refractivity contribution in [1.82, 2.24) is 24.3 Å². The molecule has 0 unspecified atom stereocenters. The Morgan fingerprint density at radius 2 is 1.84 bits per heavy atom. The average molecular weight is 637 g/mol. The van der Waals surface area contributed by atoms with Crippen LogP contribution >= 0.6 is 23.4 Å². The Balaban J connectivity index is 1.32. The summed E-state index contributed by atoms with van der Waals surface area (Å²) in [4.78, 5) is 41.4. The number of anilines is 1. The van der Waals surface area contributed by atoms with Crippen molar-refractivity contribution in [2.45, 2.75) is 55.8 Å². The van der Waals surface area contributed by atoms with Crippen LogP contribution in [-0.2, 0) is 4.79 Å². The first-order valence-corrected chi connectivity index (χ1v) is 16.9. The summed E-state index contributed by atoms with van der Waals surface area (Å²) in [5.41, 5.74) is 2.19. The maximum atomic E-state index is 14.1. The van der Waals surface area contributed by atoms with Gasteiger partial charge in [-0.1, -0.05) is 30.3 Å². The van der Waals surface area contributed by atoms with Crippen molar-refractivity contribution in [3.05, 3.63) is 64.3 Å². The van der Waals surface area contributed by atoms with E-state index in [2.05, 4.69) is 21.3 Å². The number of halogens is 2. The third-order valence-corrected chi connectivity index (χ3v) is 11.2. The Labute approximate surface area is 266 Å². The van der Waals surface area contributed by atoms with E-state index in [1.165, 1.54) is 31.1 Å². The predicted molar refractivity (Wildman–Crippen MR) is 175 cm³/mol. The maximum Gasteiger partial charge on any atom is 0.350 e. The lowest BCUT2D eigenvalue weighted by Gasteiger charge is -2.45. The summed E-state index contributed by atoms with van der Waals surface area (Å²) < 4.78 is 15.8. The van der Waals surface area contributed by atoms with E-state index < -0.39 is 0 Å². The molecule has 3 aromatic rings. The molecule has 44 heavy (non-hydrogen) atoms. The first kappa shape index (κ1) is 29.8. The van der Waals surface area contributed by atoms with E-state index in [1.807, 2.05) is 29.4 Å². The largest absolute Gasteiger partial charge is 0.350 e. The van der Waals surface area contributed by atoms with Crippen LogP contribution in [0.25, 0.3) is 22.0 Å². The minimum atomic E-state index is -0.311.